The first-order valence-corrected chi connectivity index (χ1v) is 9.77. The van der Waals surface area contributed by atoms with Gasteiger partial charge in [-0.15, -0.1) is 0 Å². The predicted octanol–water partition coefficient (Wildman–Crippen LogP) is 3.78. The Morgan fingerprint density at radius 3 is 2.48 bits per heavy atom. The van der Waals surface area contributed by atoms with E-state index in [-0.39, 0.29) is 11.8 Å². The molecule has 1 atom stereocenters. The highest BCUT2D eigenvalue weighted by Gasteiger charge is 2.32. The Kier molecular flexibility index (Phi) is 6.32. The summed E-state index contributed by atoms with van der Waals surface area (Å²) >= 11 is 0. The number of ether oxygens (including phenoxy) is 1. The molecule has 2 aromatic carbocycles. The lowest BCUT2D eigenvalue weighted by atomic mass is 9.99. The Bertz CT molecular complexity index is 924. The molecule has 0 aliphatic carbocycles. The van der Waals surface area contributed by atoms with E-state index in [9.17, 15) is 14.4 Å². The lowest BCUT2D eigenvalue weighted by Crippen LogP contribution is -2.43. The van der Waals surface area contributed by atoms with Crippen molar-refractivity contribution in [3.05, 3.63) is 64.7 Å². The third-order valence-corrected chi connectivity index (χ3v) is 5.38. The Hall–Kier alpha value is -3.15. The van der Waals surface area contributed by atoms with Crippen LogP contribution in [0.2, 0.25) is 0 Å². The number of benzene rings is 2. The SMILES string of the molecule is COC(=O)c1cc(NC(=O)C(c2ccccc2)N2CCCCC2=O)cc(C)c1C. The van der Waals surface area contributed by atoms with Crippen LogP contribution < -0.4 is 5.32 Å². The minimum absolute atomic E-state index is 0.0180. The normalized spacial score (nSPS) is 15.0. The van der Waals surface area contributed by atoms with Gasteiger partial charge in [0.1, 0.15) is 6.04 Å². The van der Waals surface area contributed by atoms with E-state index < -0.39 is 12.0 Å². The number of piperidine rings is 1. The van der Waals surface area contributed by atoms with Crippen molar-refractivity contribution in [1.82, 2.24) is 4.90 Å². The van der Waals surface area contributed by atoms with Gasteiger partial charge in [-0.3, -0.25) is 9.59 Å². The Morgan fingerprint density at radius 1 is 1.10 bits per heavy atom. The maximum Gasteiger partial charge on any atom is 0.338 e. The third-order valence-electron chi connectivity index (χ3n) is 5.38. The molecule has 0 aromatic heterocycles. The monoisotopic (exact) mass is 394 g/mol. The van der Waals surface area contributed by atoms with Gasteiger partial charge >= 0.3 is 5.97 Å². The summed E-state index contributed by atoms with van der Waals surface area (Å²) in [7, 11) is 1.33. The first kappa shape index (κ1) is 20.6. The summed E-state index contributed by atoms with van der Waals surface area (Å²) in [6.07, 6.45) is 2.17. The number of amides is 2. The van der Waals surface area contributed by atoms with E-state index in [2.05, 4.69) is 5.32 Å². The van der Waals surface area contributed by atoms with Gasteiger partial charge in [0.2, 0.25) is 5.91 Å². The Morgan fingerprint density at radius 2 is 1.83 bits per heavy atom. The Labute approximate surface area is 170 Å². The molecule has 29 heavy (non-hydrogen) atoms. The number of hydrogen-bond donors (Lipinski definition) is 1. The van der Waals surface area contributed by atoms with Crippen molar-refractivity contribution in [1.29, 1.82) is 0 Å². The van der Waals surface area contributed by atoms with E-state index in [0.717, 1.165) is 29.5 Å². The molecule has 1 aliphatic heterocycles. The minimum Gasteiger partial charge on any atom is -0.465 e. The molecule has 0 saturated carbocycles. The van der Waals surface area contributed by atoms with E-state index in [4.69, 9.17) is 4.74 Å². The van der Waals surface area contributed by atoms with E-state index >= 15 is 0 Å². The van der Waals surface area contributed by atoms with Crippen LogP contribution in [-0.2, 0) is 14.3 Å². The molecule has 1 heterocycles. The van der Waals surface area contributed by atoms with Gasteiger partial charge < -0.3 is 15.0 Å². The average Bonchev–Trinajstić information content (AvgIpc) is 2.72. The van der Waals surface area contributed by atoms with Crippen LogP contribution >= 0.6 is 0 Å². The van der Waals surface area contributed by atoms with Crippen molar-refractivity contribution in [2.45, 2.75) is 39.2 Å². The molecule has 2 amide bonds. The molecule has 1 saturated heterocycles. The first-order valence-electron chi connectivity index (χ1n) is 9.77. The van der Waals surface area contributed by atoms with Crippen LogP contribution in [-0.4, -0.2) is 36.3 Å². The molecule has 1 aliphatic rings. The van der Waals surface area contributed by atoms with Crippen molar-refractivity contribution in [3.63, 3.8) is 0 Å². The molecule has 6 heteroatoms. The molecule has 1 N–H and O–H groups in total. The number of esters is 1. The summed E-state index contributed by atoms with van der Waals surface area (Å²) < 4.78 is 4.85. The highest BCUT2D eigenvalue weighted by atomic mass is 16.5. The summed E-state index contributed by atoms with van der Waals surface area (Å²) in [5.74, 6) is -0.770. The highest BCUT2D eigenvalue weighted by molar-refractivity contribution is 6.00. The molecule has 2 aromatic rings. The number of aryl methyl sites for hydroxylation is 1. The van der Waals surface area contributed by atoms with Crippen LogP contribution in [0.4, 0.5) is 5.69 Å². The topological polar surface area (TPSA) is 75.7 Å². The van der Waals surface area contributed by atoms with Crippen LogP contribution in [0, 0.1) is 13.8 Å². The van der Waals surface area contributed by atoms with Crippen LogP contribution in [0.5, 0.6) is 0 Å². The number of carbonyl (C=O) groups is 3. The molecule has 6 nitrogen and oxygen atoms in total. The maximum absolute atomic E-state index is 13.3. The number of anilines is 1. The molecular formula is C23H26N2O4. The van der Waals surface area contributed by atoms with Crippen LogP contribution in [0.3, 0.4) is 0 Å². The van der Waals surface area contributed by atoms with E-state index in [1.54, 1.807) is 11.0 Å². The molecule has 0 radical (unpaired) electrons. The zero-order valence-electron chi connectivity index (χ0n) is 17.0. The number of likely N-dealkylation sites (tertiary alicyclic amines) is 1. The van der Waals surface area contributed by atoms with E-state index in [0.29, 0.717) is 24.2 Å². The molecule has 0 spiro atoms. The van der Waals surface area contributed by atoms with Gasteiger partial charge in [0.25, 0.3) is 5.91 Å². The van der Waals surface area contributed by atoms with Crippen molar-refractivity contribution < 1.29 is 19.1 Å². The fraction of sp³-hybridized carbons (Fsp3) is 0.348. The van der Waals surface area contributed by atoms with Gasteiger partial charge in [-0.1, -0.05) is 30.3 Å². The number of methoxy groups -OCH3 is 1. The van der Waals surface area contributed by atoms with Crippen LogP contribution in [0.15, 0.2) is 42.5 Å². The molecule has 0 bridgehead atoms. The number of nitrogens with zero attached hydrogens (tertiary/aromatic N) is 1. The molecule has 152 valence electrons. The first-order chi connectivity index (χ1) is 13.9. The zero-order chi connectivity index (χ0) is 21.0. The van der Waals surface area contributed by atoms with Crippen molar-refractivity contribution in [2.24, 2.45) is 0 Å². The zero-order valence-corrected chi connectivity index (χ0v) is 17.0. The molecule has 3 rings (SSSR count). The maximum atomic E-state index is 13.3. The van der Waals surface area contributed by atoms with Crippen molar-refractivity contribution >= 4 is 23.5 Å². The lowest BCUT2D eigenvalue weighted by Gasteiger charge is -2.34. The largest absolute Gasteiger partial charge is 0.465 e. The fourth-order valence-electron chi connectivity index (χ4n) is 3.67. The number of rotatable bonds is 5. The summed E-state index contributed by atoms with van der Waals surface area (Å²) in [5, 5.41) is 2.91. The lowest BCUT2D eigenvalue weighted by molar-refractivity contribution is -0.141. The van der Waals surface area contributed by atoms with Gasteiger partial charge in [0, 0.05) is 18.7 Å². The highest BCUT2D eigenvalue weighted by Crippen LogP contribution is 2.28. The smallest absolute Gasteiger partial charge is 0.338 e. The second-order valence-corrected chi connectivity index (χ2v) is 7.30. The number of hydrogen-bond acceptors (Lipinski definition) is 4. The predicted molar refractivity (Wildman–Crippen MR) is 111 cm³/mol. The summed E-state index contributed by atoms with van der Waals surface area (Å²) in [4.78, 5) is 39.5. The molecule has 1 unspecified atom stereocenters. The Balaban J connectivity index is 1.94. The average molecular weight is 394 g/mol. The summed E-state index contributed by atoms with van der Waals surface area (Å²) in [6.45, 7) is 4.26. The van der Waals surface area contributed by atoms with Gasteiger partial charge in [0.15, 0.2) is 0 Å². The summed E-state index contributed by atoms with van der Waals surface area (Å²) in [6, 6.07) is 12.0. The fourth-order valence-corrected chi connectivity index (χ4v) is 3.67. The molecule has 1 fully saturated rings. The third kappa shape index (κ3) is 4.47. The second-order valence-electron chi connectivity index (χ2n) is 7.30. The summed E-state index contributed by atoms with van der Waals surface area (Å²) in [5.41, 5.74) is 3.35. The van der Waals surface area contributed by atoms with Gasteiger partial charge in [0.05, 0.1) is 12.7 Å². The quantitative estimate of drug-likeness (QED) is 0.783. The number of carbonyl (C=O) groups excluding carboxylic acids is 3. The van der Waals surface area contributed by atoms with Gasteiger partial charge in [-0.2, -0.15) is 0 Å². The van der Waals surface area contributed by atoms with Crippen LogP contribution in [0.25, 0.3) is 0 Å². The van der Waals surface area contributed by atoms with Crippen molar-refractivity contribution in [3.8, 4) is 0 Å². The van der Waals surface area contributed by atoms with E-state index in [1.165, 1.54) is 7.11 Å². The second kappa shape index (κ2) is 8.90. The van der Waals surface area contributed by atoms with Crippen molar-refractivity contribution in [2.75, 3.05) is 19.0 Å². The minimum atomic E-state index is -0.716. The number of nitrogens with one attached hydrogen (secondary N) is 1. The van der Waals surface area contributed by atoms with Gasteiger partial charge in [-0.25, -0.2) is 4.79 Å². The van der Waals surface area contributed by atoms with E-state index in [1.807, 2.05) is 50.2 Å². The molecular weight excluding hydrogens is 368 g/mol. The standard InChI is InChI=1S/C23H26N2O4/c1-15-13-18(14-19(16(15)2)23(28)29-3)24-22(27)21(17-9-5-4-6-10-17)25-12-8-7-11-20(25)26/h4-6,9-10,13-14,21H,7-8,11-12H2,1-3H3,(H,24,27). The van der Waals surface area contributed by atoms with Gasteiger partial charge in [-0.05, 0) is 55.5 Å². The van der Waals surface area contributed by atoms with Crippen LogP contribution in [0.1, 0.15) is 52.4 Å².